The van der Waals surface area contributed by atoms with Crippen molar-refractivity contribution in [2.75, 3.05) is 20.3 Å². The van der Waals surface area contributed by atoms with Gasteiger partial charge in [-0.3, -0.25) is 4.79 Å². The molecule has 6 nitrogen and oxygen atoms in total. The minimum atomic E-state index is 0.0932. The van der Waals surface area contributed by atoms with Crippen LogP contribution < -0.4 is 14.8 Å². The van der Waals surface area contributed by atoms with Crippen molar-refractivity contribution in [3.63, 3.8) is 0 Å². The first-order valence-corrected chi connectivity index (χ1v) is 8.27. The Morgan fingerprint density at radius 1 is 1.50 bits per heavy atom. The highest BCUT2D eigenvalue weighted by Crippen LogP contribution is 2.30. The van der Waals surface area contributed by atoms with Gasteiger partial charge in [-0.05, 0) is 24.5 Å². The number of benzene rings is 1. The number of amides is 1. The van der Waals surface area contributed by atoms with Gasteiger partial charge < -0.3 is 19.4 Å². The molecule has 1 aromatic heterocycles. The molecule has 1 aliphatic heterocycles. The molecular formula is C18H23N3O3. The molecule has 1 aliphatic rings. The molecule has 2 aromatic rings. The average Bonchev–Trinajstić information content (AvgIpc) is 3.12. The Balaban J connectivity index is 1.39. The number of rotatable bonds is 7. The predicted molar refractivity (Wildman–Crippen MR) is 90.2 cm³/mol. The summed E-state index contributed by atoms with van der Waals surface area (Å²) in [4.78, 5) is 15.9. The number of methoxy groups -OCH3 is 1. The number of hydrogen-bond donors (Lipinski definition) is 1. The molecule has 0 aliphatic carbocycles. The van der Waals surface area contributed by atoms with Gasteiger partial charge in [-0.2, -0.15) is 0 Å². The molecule has 3 rings (SSSR count). The van der Waals surface area contributed by atoms with Crippen molar-refractivity contribution in [2.45, 2.75) is 25.8 Å². The molecule has 0 fully saturated rings. The Kier molecular flexibility index (Phi) is 5.36. The van der Waals surface area contributed by atoms with Crippen molar-refractivity contribution in [3.8, 4) is 11.5 Å². The van der Waals surface area contributed by atoms with Crippen LogP contribution in [-0.2, 0) is 17.8 Å². The molecule has 6 heteroatoms. The highest BCUT2D eigenvalue weighted by molar-refractivity contribution is 5.75. The summed E-state index contributed by atoms with van der Waals surface area (Å²) < 4.78 is 13.0. The number of carbonyl (C=O) groups is 1. The SMILES string of the molecule is COc1ccc2c(c1)OC[C@@H](CNC(=O)CCCn1ccnc1)C2. The van der Waals surface area contributed by atoms with Crippen LogP contribution in [0.5, 0.6) is 11.5 Å². The van der Waals surface area contributed by atoms with E-state index >= 15 is 0 Å². The van der Waals surface area contributed by atoms with Gasteiger partial charge in [0, 0.05) is 43.9 Å². The van der Waals surface area contributed by atoms with Crippen LogP contribution in [0.3, 0.4) is 0 Å². The number of nitrogens with one attached hydrogen (secondary N) is 1. The van der Waals surface area contributed by atoms with Gasteiger partial charge in [0.2, 0.25) is 5.91 Å². The Morgan fingerprint density at radius 3 is 3.21 bits per heavy atom. The second-order valence-electron chi connectivity index (χ2n) is 6.06. The summed E-state index contributed by atoms with van der Waals surface area (Å²) in [6.45, 7) is 2.08. The molecule has 1 aromatic carbocycles. The highest BCUT2D eigenvalue weighted by atomic mass is 16.5. The standard InChI is InChI=1S/C18H23N3O3/c1-23-16-5-4-15-9-14(12-24-17(15)10-16)11-20-18(22)3-2-7-21-8-6-19-13-21/h4-6,8,10,13-14H,2-3,7,9,11-12H2,1H3,(H,20,22)/t14-/m1/s1. The van der Waals surface area contributed by atoms with E-state index in [-0.39, 0.29) is 5.91 Å². The van der Waals surface area contributed by atoms with E-state index < -0.39 is 0 Å². The van der Waals surface area contributed by atoms with Gasteiger partial charge in [0.05, 0.1) is 20.0 Å². The zero-order chi connectivity index (χ0) is 16.8. The first kappa shape index (κ1) is 16.4. The van der Waals surface area contributed by atoms with Crippen LogP contribution in [0.4, 0.5) is 0 Å². The van der Waals surface area contributed by atoms with E-state index in [0.29, 0.717) is 25.5 Å². The Bertz CT molecular complexity index is 670. The third-order valence-corrected chi connectivity index (χ3v) is 4.22. The summed E-state index contributed by atoms with van der Waals surface area (Å²) >= 11 is 0. The normalized spacial score (nSPS) is 16.1. The van der Waals surface area contributed by atoms with E-state index in [4.69, 9.17) is 9.47 Å². The van der Waals surface area contributed by atoms with Gasteiger partial charge in [-0.1, -0.05) is 6.07 Å². The summed E-state index contributed by atoms with van der Waals surface area (Å²) in [7, 11) is 1.65. The van der Waals surface area contributed by atoms with E-state index in [0.717, 1.165) is 30.9 Å². The number of carbonyl (C=O) groups excluding carboxylic acids is 1. The van der Waals surface area contributed by atoms with Gasteiger partial charge in [0.1, 0.15) is 11.5 Å². The smallest absolute Gasteiger partial charge is 0.220 e. The number of aryl methyl sites for hydroxylation is 1. The van der Waals surface area contributed by atoms with E-state index in [1.54, 1.807) is 19.6 Å². The Morgan fingerprint density at radius 2 is 2.42 bits per heavy atom. The molecule has 0 saturated carbocycles. The molecule has 0 spiro atoms. The van der Waals surface area contributed by atoms with E-state index in [1.807, 2.05) is 29.0 Å². The average molecular weight is 329 g/mol. The number of aromatic nitrogens is 2. The maximum atomic E-state index is 11.9. The molecular weight excluding hydrogens is 306 g/mol. The fourth-order valence-electron chi connectivity index (χ4n) is 2.86. The van der Waals surface area contributed by atoms with Gasteiger partial charge in [0.25, 0.3) is 0 Å². The van der Waals surface area contributed by atoms with E-state index in [1.165, 1.54) is 5.56 Å². The van der Waals surface area contributed by atoms with Gasteiger partial charge in [0.15, 0.2) is 0 Å². The summed E-state index contributed by atoms with van der Waals surface area (Å²) in [5.74, 6) is 2.09. The first-order chi connectivity index (χ1) is 11.7. The second kappa shape index (κ2) is 7.86. The molecule has 1 amide bonds. The van der Waals surface area contributed by atoms with Crippen LogP contribution in [0.2, 0.25) is 0 Å². The summed E-state index contributed by atoms with van der Waals surface area (Å²) in [5.41, 5.74) is 1.17. The molecule has 2 heterocycles. The lowest BCUT2D eigenvalue weighted by Gasteiger charge is -2.25. The summed E-state index contributed by atoms with van der Waals surface area (Å²) in [6, 6.07) is 5.90. The van der Waals surface area contributed by atoms with Crippen molar-refractivity contribution >= 4 is 5.91 Å². The molecule has 0 unspecified atom stereocenters. The third-order valence-electron chi connectivity index (χ3n) is 4.22. The maximum absolute atomic E-state index is 11.9. The second-order valence-corrected chi connectivity index (χ2v) is 6.06. The van der Waals surface area contributed by atoms with Crippen LogP contribution in [0.25, 0.3) is 0 Å². The van der Waals surface area contributed by atoms with Crippen LogP contribution in [0.1, 0.15) is 18.4 Å². The number of nitrogens with zero attached hydrogens (tertiary/aromatic N) is 2. The summed E-state index contributed by atoms with van der Waals surface area (Å²) in [6.07, 6.45) is 7.67. The molecule has 128 valence electrons. The minimum Gasteiger partial charge on any atom is -0.497 e. The highest BCUT2D eigenvalue weighted by Gasteiger charge is 2.20. The number of fused-ring (bicyclic) bond motifs is 1. The molecule has 1 N–H and O–H groups in total. The van der Waals surface area contributed by atoms with Crippen molar-refractivity contribution in [2.24, 2.45) is 5.92 Å². The van der Waals surface area contributed by atoms with Crippen molar-refractivity contribution in [1.82, 2.24) is 14.9 Å². The van der Waals surface area contributed by atoms with E-state index in [2.05, 4.69) is 10.3 Å². The van der Waals surface area contributed by atoms with Gasteiger partial charge >= 0.3 is 0 Å². The van der Waals surface area contributed by atoms with Gasteiger partial charge in [-0.15, -0.1) is 0 Å². The van der Waals surface area contributed by atoms with Crippen LogP contribution in [-0.4, -0.2) is 35.7 Å². The monoisotopic (exact) mass is 329 g/mol. The lowest BCUT2D eigenvalue weighted by atomic mass is 9.96. The zero-order valence-electron chi connectivity index (χ0n) is 13.9. The first-order valence-electron chi connectivity index (χ1n) is 8.27. The molecule has 24 heavy (non-hydrogen) atoms. The third kappa shape index (κ3) is 4.28. The number of hydrogen-bond acceptors (Lipinski definition) is 4. The fourth-order valence-corrected chi connectivity index (χ4v) is 2.86. The fraction of sp³-hybridized carbons (Fsp3) is 0.444. The number of ether oxygens (including phenoxy) is 2. The quantitative estimate of drug-likeness (QED) is 0.844. The molecule has 1 atom stereocenters. The Hall–Kier alpha value is -2.50. The van der Waals surface area contributed by atoms with E-state index in [9.17, 15) is 4.79 Å². The largest absolute Gasteiger partial charge is 0.497 e. The predicted octanol–water partition coefficient (Wildman–Crippen LogP) is 2.04. The van der Waals surface area contributed by atoms with Crippen LogP contribution in [0, 0.1) is 5.92 Å². The minimum absolute atomic E-state index is 0.0932. The van der Waals surface area contributed by atoms with Crippen molar-refractivity contribution < 1.29 is 14.3 Å². The van der Waals surface area contributed by atoms with Crippen LogP contribution in [0.15, 0.2) is 36.9 Å². The molecule has 0 saturated heterocycles. The van der Waals surface area contributed by atoms with Crippen LogP contribution >= 0.6 is 0 Å². The summed E-state index contributed by atoms with van der Waals surface area (Å²) in [5, 5.41) is 3.02. The lowest BCUT2D eigenvalue weighted by molar-refractivity contribution is -0.121. The molecule has 0 radical (unpaired) electrons. The zero-order valence-corrected chi connectivity index (χ0v) is 13.9. The topological polar surface area (TPSA) is 65.4 Å². The van der Waals surface area contributed by atoms with Crippen molar-refractivity contribution in [3.05, 3.63) is 42.5 Å². The van der Waals surface area contributed by atoms with Gasteiger partial charge in [-0.25, -0.2) is 4.98 Å². The molecule has 0 bridgehead atoms. The Labute approximate surface area is 141 Å². The maximum Gasteiger partial charge on any atom is 0.220 e. The van der Waals surface area contributed by atoms with Crippen molar-refractivity contribution in [1.29, 1.82) is 0 Å². The lowest BCUT2D eigenvalue weighted by Crippen LogP contribution is -2.34. The number of imidazole rings is 1.